The summed E-state index contributed by atoms with van der Waals surface area (Å²) in [6.45, 7) is 0. The number of esters is 1. The molecule has 2 rings (SSSR count). The summed E-state index contributed by atoms with van der Waals surface area (Å²) in [6.07, 6.45) is -2.18. The van der Waals surface area contributed by atoms with Crippen molar-refractivity contribution in [2.24, 2.45) is 0 Å². The average molecular weight is 361 g/mol. The SMILES string of the molecule is O=C(/C=C/c1cccc(C(F)(F)F)c1)Oc1ccc(Cl)c(Cl)c1. The van der Waals surface area contributed by atoms with Crippen LogP contribution >= 0.6 is 23.2 Å². The number of halogens is 5. The Hall–Kier alpha value is -1.98. The van der Waals surface area contributed by atoms with Crippen molar-refractivity contribution in [3.05, 3.63) is 69.7 Å². The van der Waals surface area contributed by atoms with Gasteiger partial charge in [0.25, 0.3) is 0 Å². The molecule has 7 heteroatoms. The van der Waals surface area contributed by atoms with Gasteiger partial charge < -0.3 is 4.74 Å². The van der Waals surface area contributed by atoms with Gasteiger partial charge in [0.1, 0.15) is 5.75 Å². The zero-order valence-electron chi connectivity index (χ0n) is 11.4. The zero-order valence-corrected chi connectivity index (χ0v) is 12.9. The van der Waals surface area contributed by atoms with Crippen molar-refractivity contribution >= 4 is 35.2 Å². The summed E-state index contributed by atoms with van der Waals surface area (Å²) >= 11 is 11.5. The Morgan fingerprint density at radius 2 is 1.78 bits per heavy atom. The maximum Gasteiger partial charge on any atom is 0.416 e. The predicted molar refractivity (Wildman–Crippen MR) is 82.6 cm³/mol. The molecule has 0 heterocycles. The van der Waals surface area contributed by atoms with Crippen molar-refractivity contribution < 1.29 is 22.7 Å². The second kappa shape index (κ2) is 7.06. The largest absolute Gasteiger partial charge is 0.423 e. The molecule has 0 radical (unpaired) electrons. The highest BCUT2D eigenvalue weighted by Gasteiger charge is 2.30. The quantitative estimate of drug-likeness (QED) is 0.402. The van der Waals surface area contributed by atoms with Gasteiger partial charge in [-0.1, -0.05) is 35.3 Å². The molecule has 120 valence electrons. The first kappa shape index (κ1) is 17.4. The van der Waals surface area contributed by atoms with Crippen LogP contribution < -0.4 is 4.74 Å². The topological polar surface area (TPSA) is 26.3 Å². The molecule has 2 aromatic carbocycles. The number of alkyl halides is 3. The maximum absolute atomic E-state index is 12.6. The second-order valence-electron chi connectivity index (χ2n) is 4.45. The Balaban J connectivity index is 2.08. The minimum Gasteiger partial charge on any atom is -0.423 e. The molecule has 2 nitrogen and oxygen atoms in total. The van der Waals surface area contributed by atoms with Gasteiger partial charge in [-0.15, -0.1) is 0 Å². The van der Waals surface area contributed by atoms with E-state index in [1.165, 1.54) is 36.4 Å². The van der Waals surface area contributed by atoms with Crippen molar-refractivity contribution in [3.8, 4) is 5.75 Å². The minimum atomic E-state index is -4.44. The fraction of sp³-hybridized carbons (Fsp3) is 0.0625. The highest BCUT2D eigenvalue weighted by Crippen LogP contribution is 2.30. The molecule has 0 saturated carbocycles. The smallest absolute Gasteiger partial charge is 0.416 e. The van der Waals surface area contributed by atoms with Crippen LogP contribution in [0, 0.1) is 0 Å². The molecule has 0 fully saturated rings. The predicted octanol–water partition coefficient (Wildman–Crippen LogP) is 5.63. The van der Waals surface area contributed by atoms with E-state index in [1.54, 1.807) is 0 Å². The van der Waals surface area contributed by atoms with E-state index >= 15 is 0 Å². The minimum absolute atomic E-state index is 0.179. The summed E-state index contributed by atoms with van der Waals surface area (Å²) in [7, 11) is 0. The van der Waals surface area contributed by atoms with Crippen molar-refractivity contribution in [2.75, 3.05) is 0 Å². The van der Waals surface area contributed by atoms with E-state index in [-0.39, 0.29) is 16.3 Å². The van der Waals surface area contributed by atoms with E-state index < -0.39 is 17.7 Å². The average Bonchev–Trinajstić information content (AvgIpc) is 2.48. The van der Waals surface area contributed by atoms with Crippen LogP contribution in [0.5, 0.6) is 5.75 Å². The van der Waals surface area contributed by atoms with Crippen LogP contribution in [-0.4, -0.2) is 5.97 Å². The van der Waals surface area contributed by atoms with Crippen LogP contribution in [0.25, 0.3) is 6.08 Å². The third-order valence-corrected chi connectivity index (χ3v) is 3.47. The van der Waals surface area contributed by atoms with Crippen LogP contribution in [0.4, 0.5) is 13.2 Å². The van der Waals surface area contributed by atoms with Gasteiger partial charge in [0, 0.05) is 12.1 Å². The lowest BCUT2D eigenvalue weighted by atomic mass is 10.1. The van der Waals surface area contributed by atoms with Crippen LogP contribution in [0.2, 0.25) is 10.0 Å². The molecule has 0 saturated heterocycles. The molecule has 0 unspecified atom stereocenters. The number of rotatable bonds is 3. The lowest BCUT2D eigenvalue weighted by molar-refractivity contribution is -0.137. The summed E-state index contributed by atoms with van der Waals surface area (Å²) < 4.78 is 42.7. The summed E-state index contributed by atoms with van der Waals surface area (Å²) in [5, 5.41) is 0.532. The first-order valence-corrected chi connectivity index (χ1v) is 7.03. The Kier molecular flexibility index (Phi) is 5.34. The fourth-order valence-corrected chi connectivity index (χ4v) is 1.96. The first-order valence-electron chi connectivity index (χ1n) is 6.28. The molecule has 0 spiro atoms. The fourth-order valence-electron chi connectivity index (χ4n) is 1.67. The third-order valence-electron chi connectivity index (χ3n) is 2.74. The summed E-state index contributed by atoms with van der Waals surface area (Å²) in [5.41, 5.74) is -0.566. The summed E-state index contributed by atoms with van der Waals surface area (Å²) in [4.78, 5) is 11.7. The van der Waals surface area contributed by atoms with E-state index in [1.807, 2.05) is 0 Å². The third kappa shape index (κ3) is 5.01. The van der Waals surface area contributed by atoms with E-state index in [4.69, 9.17) is 27.9 Å². The van der Waals surface area contributed by atoms with Gasteiger partial charge in [0.15, 0.2) is 0 Å². The van der Waals surface area contributed by atoms with Crippen LogP contribution in [0.3, 0.4) is 0 Å². The lowest BCUT2D eigenvalue weighted by Gasteiger charge is -2.06. The number of hydrogen-bond acceptors (Lipinski definition) is 2. The Morgan fingerprint density at radius 3 is 2.43 bits per heavy atom. The van der Waals surface area contributed by atoms with E-state index in [9.17, 15) is 18.0 Å². The number of ether oxygens (including phenoxy) is 1. The van der Waals surface area contributed by atoms with Crippen molar-refractivity contribution in [3.63, 3.8) is 0 Å². The lowest BCUT2D eigenvalue weighted by Crippen LogP contribution is -2.05. The molecule has 0 amide bonds. The van der Waals surface area contributed by atoms with Gasteiger partial charge in [-0.2, -0.15) is 13.2 Å². The monoisotopic (exact) mass is 360 g/mol. The summed E-state index contributed by atoms with van der Waals surface area (Å²) in [5.74, 6) is -0.570. The van der Waals surface area contributed by atoms with Crippen molar-refractivity contribution in [1.82, 2.24) is 0 Å². The molecule has 2 aromatic rings. The van der Waals surface area contributed by atoms with Crippen LogP contribution in [0.15, 0.2) is 48.5 Å². The van der Waals surface area contributed by atoms with Crippen LogP contribution in [0.1, 0.15) is 11.1 Å². The Labute approximate surface area is 140 Å². The van der Waals surface area contributed by atoms with Gasteiger partial charge in [-0.05, 0) is 35.9 Å². The normalized spacial score (nSPS) is 11.7. The van der Waals surface area contributed by atoms with Crippen molar-refractivity contribution in [2.45, 2.75) is 6.18 Å². The Morgan fingerprint density at radius 1 is 1.04 bits per heavy atom. The highest BCUT2D eigenvalue weighted by molar-refractivity contribution is 6.42. The molecule has 0 aromatic heterocycles. The second-order valence-corrected chi connectivity index (χ2v) is 5.27. The molecule has 0 atom stereocenters. The van der Waals surface area contributed by atoms with Crippen LogP contribution in [-0.2, 0) is 11.0 Å². The molecule has 0 N–H and O–H groups in total. The standard InChI is InChI=1S/C16H9Cl2F3O2/c17-13-6-5-12(9-14(13)18)23-15(22)7-4-10-2-1-3-11(8-10)16(19,20)21/h1-9H/b7-4+. The van der Waals surface area contributed by atoms with E-state index in [0.717, 1.165) is 18.2 Å². The van der Waals surface area contributed by atoms with Gasteiger partial charge in [-0.3, -0.25) is 0 Å². The molecule has 0 aliphatic heterocycles. The molecular formula is C16H9Cl2F3O2. The molecule has 23 heavy (non-hydrogen) atoms. The van der Waals surface area contributed by atoms with E-state index in [2.05, 4.69) is 0 Å². The van der Waals surface area contributed by atoms with Gasteiger partial charge >= 0.3 is 12.1 Å². The van der Waals surface area contributed by atoms with Gasteiger partial charge in [-0.25, -0.2) is 4.79 Å². The van der Waals surface area contributed by atoms with Crippen molar-refractivity contribution in [1.29, 1.82) is 0 Å². The van der Waals surface area contributed by atoms with Gasteiger partial charge in [0.2, 0.25) is 0 Å². The number of carbonyl (C=O) groups excluding carboxylic acids is 1. The van der Waals surface area contributed by atoms with Gasteiger partial charge in [0.05, 0.1) is 15.6 Å². The highest BCUT2D eigenvalue weighted by atomic mass is 35.5. The molecule has 0 aliphatic rings. The Bertz CT molecular complexity index is 755. The zero-order chi connectivity index (χ0) is 17.0. The number of carbonyl (C=O) groups is 1. The molecule has 0 aliphatic carbocycles. The maximum atomic E-state index is 12.6. The first-order chi connectivity index (χ1) is 10.8. The molecular weight excluding hydrogens is 352 g/mol. The number of benzene rings is 2. The molecule has 0 bridgehead atoms. The number of hydrogen-bond donors (Lipinski definition) is 0. The van der Waals surface area contributed by atoms with E-state index in [0.29, 0.717) is 5.02 Å². The summed E-state index contributed by atoms with van der Waals surface area (Å²) in [6, 6.07) is 8.85.